The van der Waals surface area contributed by atoms with Crippen LogP contribution in [-0.2, 0) is 9.47 Å². The standard InChI is InChI=1S/C27H26ClN3O9/c1-36-16-7-11-6-13(29-20(11)24(38-3)23(16)37-2)25(33)31-10-12(9-28)17-14(31)8-15(32)21-18(17)19(26(34)39-4)22(30-21)27(35)40-5/h6-8,12,29-30,32H,9-10H2,1-5H3. The Kier molecular flexibility index (Phi) is 6.88. The Morgan fingerprint density at radius 2 is 1.65 bits per heavy atom. The Hall–Kier alpha value is -4.58. The van der Waals surface area contributed by atoms with E-state index in [2.05, 4.69) is 9.97 Å². The number of phenolic OH excluding ortho intramolecular Hbond substituents is 1. The summed E-state index contributed by atoms with van der Waals surface area (Å²) >= 11 is 6.35. The molecule has 4 aromatic rings. The smallest absolute Gasteiger partial charge is 0.355 e. The van der Waals surface area contributed by atoms with Crippen LogP contribution < -0.4 is 19.1 Å². The second-order valence-electron chi connectivity index (χ2n) is 9.00. The number of anilines is 1. The van der Waals surface area contributed by atoms with Gasteiger partial charge in [-0.05, 0) is 17.7 Å². The molecule has 2 aromatic heterocycles. The number of ether oxygens (including phenoxy) is 5. The number of fused-ring (bicyclic) bond motifs is 4. The molecule has 0 saturated carbocycles. The number of amides is 1. The van der Waals surface area contributed by atoms with E-state index >= 15 is 0 Å². The van der Waals surface area contributed by atoms with Crippen molar-refractivity contribution in [3.63, 3.8) is 0 Å². The average molecular weight is 572 g/mol. The first-order chi connectivity index (χ1) is 19.2. The molecule has 3 heterocycles. The van der Waals surface area contributed by atoms with Crippen LogP contribution in [0, 0.1) is 0 Å². The van der Waals surface area contributed by atoms with Gasteiger partial charge in [0.1, 0.15) is 22.7 Å². The summed E-state index contributed by atoms with van der Waals surface area (Å²) in [6.07, 6.45) is 0. The molecule has 0 aliphatic carbocycles. The number of hydrogen-bond acceptors (Lipinski definition) is 9. The molecule has 0 spiro atoms. The lowest BCUT2D eigenvalue weighted by atomic mass is 9.95. The number of halogens is 1. The lowest BCUT2D eigenvalue weighted by molar-refractivity contribution is 0.0553. The summed E-state index contributed by atoms with van der Waals surface area (Å²) in [4.78, 5) is 46.6. The minimum Gasteiger partial charge on any atom is -0.506 e. The van der Waals surface area contributed by atoms with Gasteiger partial charge in [0.15, 0.2) is 11.5 Å². The Balaban J connectivity index is 1.71. The molecule has 0 saturated heterocycles. The van der Waals surface area contributed by atoms with E-state index in [1.165, 1.54) is 46.5 Å². The molecule has 1 aliphatic heterocycles. The van der Waals surface area contributed by atoms with Crippen molar-refractivity contribution in [3.8, 4) is 23.0 Å². The number of benzene rings is 2. The number of rotatable bonds is 7. The molecule has 3 N–H and O–H groups in total. The van der Waals surface area contributed by atoms with Crippen LogP contribution in [0.4, 0.5) is 5.69 Å². The fourth-order valence-electron chi connectivity index (χ4n) is 5.30. The molecule has 1 unspecified atom stereocenters. The van der Waals surface area contributed by atoms with E-state index in [-0.39, 0.29) is 46.0 Å². The normalized spacial score (nSPS) is 14.3. The highest BCUT2D eigenvalue weighted by atomic mass is 35.5. The number of aromatic hydroxyl groups is 1. The topological polar surface area (TPSA) is 152 Å². The maximum atomic E-state index is 13.9. The highest BCUT2D eigenvalue weighted by molar-refractivity contribution is 6.21. The van der Waals surface area contributed by atoms with E-state index in [1.807, 2.05) is 0 Å². The lowest BCUT2D eigenvalue weighted by Crippen LogP contribution is -2.30. The van der Waals surface area contributed by atoms with Crippen LogP contribution in [0.1, 0.15) is 42.8 Å². The molecule has 0 radical (unpaired) electrons. The number of alkyl halides is 1. The van der Waals surface area contributed by atoms with Crippen molar-refractivity contribution in [2.45, 2.75) is 5.92 Å². The Bertz CT molecular complexity index is 1690. The van der Waals surface area contributed by atoms with Crippen LogP contribution in [0.25, 0.3) is 21.8 Å². The Morgan fingerprint density at radius 1 is 0.950 bits per heavy atom. The molecule has 0 bridgehead atoms. The molecule has 13 heteroatoms. The fourth-order valence-corrected chi connectivity index (χ4v) is 5.55. The quantitative estimate of drug-likeness (QED) is 0.221. The van der Waals surface area contributed by atoms with Crippen LogP contribution in [0.5, 0.6) is 23.0 Å². The predicted octanol–water partition coefficient (Wildman–Crippen LogP) is 3.94. The summed E-state index contributed by atoms with van der Waals surface area (Å²) in [7, 11) is 6.80. The predicted molar refractivity (Wildman–Crippen MR) is 146 cm³/mol. The van der Waals surface area contributed by atoms with E-state index in [0.717, 1.165) is 0 Å². The molecule has 2 aromatic carbocycles. The molecule has 5 rings (SSSR count). The van der Waals surface area contributed by atoms with Crippen molar-refractivity contribution in [2.24, 2.45) is 0 Å². The third-order valence-corrected chi connectivity index (χ3v) is 7.41. The molecule has 12 nitrogen and oxygen atoms in total. The number of hydrogen-bond donors (Lipinski definition) is 3. The molecule has 0 fully saturated rings. The number of esters is 2. The largest absolute Gasteiger partial charge is 0.506 e. The van der Waals surface area contributed by atoms with E-state index in [1.54, 1.807) is 12.1 Å². The number of carbonyl (C=O) groups is 3. The van der Waals surface area contributed by atoms with E-state index < -0.39 is 23.8 Å². The molecular formula is C27H26ClN3O9. The zero-order valence-corrected chi connectivity index (χ0v) is 23.0. The molecule has 40 heavy (non-hydrogen) atoms. The van der Waals surface area contributed by atoms with Crippen molar-refractivity contribution >= 4 is 56.9 Å². The van der Waals surface area contributed by atoms with Crippen molar-refractivity contribution in [2.75, 3.05) is 52.9 Å². The van der Waals surface area contributed by atoms with Gasteiger partial charge in [-0.15, -0.1) is 11.6 Å². The molecule has 1 amide bonds. The average Bonchev–Trinajstić information content (AvgIpc) is 3.68. The Morgan fingerprint density at radius 3 is 2.25 bits per heavy atom. The number of nitrogens with one attached hydrogen (secondary N) is 2. The molecule has 1 atom stereocenters. The van der Waals surface area contributed by atoms with Gasteiger partial charge in [-0.2, -0.15) is 0 Å². The fraction of sp³-hybridized carbons (Fsp3) is 0.296. The summed E-state index contributed by atoms with van der Waals surface area (Å²) in [5.74, 6) is -1.54. The number of phenols is 1. The summed E-state index contributed by atoms with van der Waals surface area (Å²) < 4.78 is 26.2. The molecule has 1 aliphatic rings. The first-order valence-electron chi connectivity index (χ1n) is 12.0. The van der Waals surface area contributed by atoms with E-state index in [4.69, 9.17) is 35.3 Å². The monoisotopic (exact) mass is 571 g/mol. The third kappa shape index (κ3) is 3.86. The van der Waals surface area contributed by atoms with Crippen molar-refractivity contribution in [1.82, 2.24) is 9.97 Å². The first kappa shape index (κ1) is 27.0. The van der Waals surface area contributed by atoms with Gasteiger partial charge in [0.2, 0.25) is 5.75 Å². The molecule has 210 valence electrons. The summed E-state index contributed by atoms with van der Waals surface area (Å²) in [5, 5.41) is 11.8. The number of aromatic nitrogens is 2. The van der Waals surface area contributed by atoms with Crippen LogP contribution in [-0.4, -0.2) is 80.9 Å². The van der Waals surface area contributed by atoms with Crippen molar-refractivity contribution in [1.29, 1.82) is 0 Å². The van der Waals surface area contributed by atoms with Gasteiger partial charge in [-0.25, -0.2) is 9.59 Å². The Labute approximate surface area is 232 Å². The van der Waals surface area contributed by atoms with Crippen LogP contribution in [0.2, 0.25) is 0 Å². The van der Waals surface area contributed by atoms with Gasteiger partial charge in [0.25, 0.3) is 5.91 Å². The number of H-pyrrole nitrogens is 2. The lowest BCUT2D eigenvalue weighted by Gasteiger charge is -2.17. The second kappa shape index (κ2) is 10.2. The van der Waals surface area contributed by atoms with Crippen LogP contribution in [0.15, 0.2) is 18.2 Å². The zero-order chi connectivity index (χ0) is 28.9. The van der Waals surface area contributed by atoms with E-state index in [9.17, 15) is 19.5 Å². The second-order valence-corrected chi connectivity index (χ2v) is 9.30. The van der Waals surface area contributed by atoms with Gasteiger partial charge in [-0.1, -0.05) is 0 Å². The maximum absolute atomic E-state index is 13.9. The number of carbonyl (C=O) groups excluding carboxylic acids is 3. The first-order valence-corrected chi connectivity index (χ1v) is 12.6. The minimum absolute atomic E-state index is 0.0882. The van der Waals surface area contributed by atoms with Crippen molar-refractivity contribution in [3.05, 3.63) is 40.7 Å². The number of methoxy groups -OCH3 is 5. The minimum atomic E-state index is -0.823. The number of nitrogens with zero attached hydrogens (tertiary/aromatic N) is 1. The highest BCUT2D eigenvalue weighted by Gasteiger charge is 2.39. The van der Waals surface area contributed by atoms with E-state index in [0.29, 0.717) is 39.4 Å². The van der Waals surface area contributed by atoms with Crippen LogP contribution in [0.3, 0.4) is 0 Å². The van der Waals surface area contributed by atoms with Gasteiger partial charge in [-0.3, -0.25) is 4.79 Å². The maximum Gasteiger partial charge on any atom is 0.355 e. The van der Waals surface area contributed by atoms with Gasteiger partial charge < -0.3 is 43.7 Å². The van der Waals surface area contributed by atoms with Gasteiger partial charge in [0.05, 0.1) is 52.3 Å². The van der Waals surface area contributed by atoms with Crippen molar-refractivity contribution < 1.29 is 43.2 Å². The van der Waals surface area contributed by atoms with Gasteiger partial charge in [0, 0.05) is 35.2 Å². The summed E-state index contributed by atoms with van der Waals surface area (Å²) in [6, 6.07) is 4.77. The molecular weight excluding hydrogens is 546 g/mol. The summed E-state index contributed by atoms with van der Waals surface area (Å²) in [6.45, 7) is 0.148. The third-order valence-electron chi connectivity index (χ3n) is 7.04. The SMILES string of the molecule is COC(=O)c1[nH]c2c(O)cc3c(c2c1C(=O)OC)C(CCl)CN3C(=O)c1cc2cc(OC)c(OC)c(OC)c2[nH]1. The van der Waals surface area contributed by atoms with Crippen LogP contribution >= 0.6 is 11.6 Å². The zero-order valence-electron chi connectivity index (χ0n) is 22.3. The number of aromatic amines is 2. The summed E-state index contributed by atoms with van der Waals surface area (Å²) in [5.41, 5.74) is 1.42. The highest BCUT2D eigenvalue weighted by Crippen LogP contribution is 2.48. The van der Waals surface area contributed by atoms with Gasteiger partial charge >= 0.3 is 11.9 Å².